The number of nitrogens with zero attached hydrogens (tertiary/aromatic N) is 1. The molecule has 9 heteroatoms. The van der Waals surface area contributed by atoms with Crippen LogP contribution in [0.5, 0.6) is 0 Å². The highest BCUT2D eigenvalue weighted by molar-refractivity contribution is 7.89. The Morgan fingerprint density at radius 2 is 1.95 bits per heavy atom. The number of carboxylic acids is 1. The fourth-order valence-corrected chi connectivity index (χ4v) is 3.32. The molecule has 0 spiro atoms. The van der Waals surface area contributed by atoms with Gasteiger partial charge in [0.15, 0.2) is 0 Å². The highest BCUT2D eigenvalue weighted by atomic mass is 32.2. The summed E-state index contributed by atoms with van der Waals surface area (Å²) in [7, 11) is -3.16. The number of aliphatic carboxylic acids is 1. The van der Waals surface area contributed by atoms with Crippen LogP contribution in [-0.4, -0.2) is 50.0 Å². The zero-order chi connectivity index (χ0) is 16.9. The van der Waals surface area contributed by atoms with Gasteiger partial charge in [-0.3, -0.25) is 4.79 Å². The Morgan fingerprint density at radius 3 is 2.45 bits per heavy atom. The summed E-state index contributed by atoms with van der Waals surface area (Å²) >= 11 is 0. The minimum absolute atomic E-state index is 0.0430. The predicted molar refractivity (Wildman–Crippen MR) is 74.4 cm³/mol. The molecule has 0 atom stereocenters. The van der Waals surface area contributed by atoms with Crippen LogP contribution >= 0.6 is 0 Å². The van der Waals surface area contributed by atoms with Gasteiger partial charge in [-0.05, 0) is 24.6 Å². The average molecular weight is 333 g/mol. The van der Waals surface area contributed by atoms with E-state index in [0.29, 0.717) is 10.7 Å². The highest BCUT2D eigenvalue weighted by Gasteiger charge is 2.27. The fourth-order valence-electron chi connectivity index (χ4n) is 1.78. The van der Waals surface area contributed by atoms with Crippen LogP contribution < -0.4 is 0 Å². The lowest BCUT2D eigenvalue weighted by Gasteiger charge is -2.20. The molecule has 0 saturated heterocycles. The number of benzene rings is 1. The molecule has 0 fully saturated rings. The van der Waals surface area contributed by atoms with Gasteiger partial charge in [-0.1, -0.05) is 6.92 Å². The Balaban J connectivity index is 3.33. The van der Waals surface area contributed by atoms with E-state index in [9.17, 15) is 22.4 Å². The van der Waals surface area contributed by atoms with E-state index in [1.54, 1.807) is 6.92 Å². The van der Waals surface area contributed by atoms with Crippen LogP contribution in [0, 0.1) is 5.82 Å². The Kier molecular flexibility index (Phi) is 6.01. The number of ether oxygens (including phenoxy) is 1. The molecule has 1 N–H and O–H groups in total. The van der Waals surface area contributed by atoms with E-state index in [2.05, 4.69) is 4.74 Å². The number of carbonyl (C=O) groups excluding carboxylic acids is 1. The number of halogens is 1. The lowest BCUT2D eigenvalue weighted by molar-refractivity contribution is -0.137. The molecule has 0 radical (unpaired) electrons. The van der Waals surface area contributed by atoms with Gasteiger partial charge >= 0.3 is 11.9 Å². The normalized spacial score (nSPS) is 11.5. The molecule has 0 unspecified atom stereocenters. The molecule has 0 heterocycles. The number of hydrogen-bond acceptors (Lipinski definition) is 5. The molecule has 22 heavy (non-hydrogen) atoms. The van der Waals surface area contributed by atoms with Crippen molar-refractivity contribution in [3.8, 4) is 0 Å². The van der Waals surface area contributed by atoms with Crippen molar-refractivity contribution < 1.29 is 32.2 Å². The molecule has 7 nitrogen and oxygen atoms in total. The molecule has 122 valence electrons. The van der Waals surface area contributed by atoms with Crippen LogP contribution in [0.25, 0.3) is 0 Å². The van der Waals surface area contributed by atoms with Crippen LogP contribution in [0.4, 0.5) is 4.39 Å². The minimum atomic E-state index is -4.24. The van der Waals surface area contributed by atoms with E-state index < -0.39 is 39.2 Å². The zero-order valence-electron chi connectivity index (χ0n) is 12.1. The van der Waals surface area contributed by atoms with Crippen molar-refractivity contribution in [1.29, 1.82) is 0 Å². The Labute approximate surface area is 127 Å². The van der Waals surface area contributed by atoms with Gasteiger partial charge in [-0.25, -0.2) is 17.6 Å². The second-order valence-electron chi connectivity index (χ2n) is 4.40. The molecule has 0 saturated carbocycles. The SMILES string of the molecule is CCCN(CC(=O)O)S(=O)(=O)c1cc(F)cc(C(=O)OC)c1. The standard InChI is InChI=1S/C13H16FNO6S/c1-3-4-15(8-12(16)17)22(19,20)11-6-9(13(18)21-2)5-10(14)7-11/h5-7H,3-4,8H2,1-2H3,(H,16,17). The Morgan fingerprint density at radius 1 is 1.32 bits per heavy atom. The highest BCUT2D eigenvalue weighted by Crippen LogP contribution is 2.20. The Bertz CT molecular complexity index is 673. The molecule has 0 aromatic heterocycles. The maximum atomic E-state index is 13.6. The van der Waals surface area contributed by atoms with Gasteiger partial charge in [0.25, 0.3) is 0 Å². The Hall–Kier alpha value is -2.00. The number of methoxy groups -OCH3 is 1. The predicted octanol–water partition coefficient (Wildman–Crippen LogP) is 1.10. The maximum Gasteiger partial charge on any atom is 0.337 e. The number of esters is 1. The second kappa shape index (κ2) is 7.32. The smallest absolute Gasteiger partial charge is 0.337 e. The monoisotopic (exact) mass is 333 g/mol. The molecule has 0 aliphatic heterocycles. The van der Waals surface area contributed by atoms with Crippen molar-refractivity contribution >= 4 is 22.0 Å². The molecule has 1 aromatic rings. The van der Waals surface area contributed by atoms with Crippen molar-refractivity contribution in [3.05, 3.63) is 29.6 Å². The van der Waals surface area contributed by atoms with Crippen molar-refractivity contribution in [1.82, 2.24) is 4.31 Å². The van der Waals surface area contributed by atoms with Crippen molar-refractivity contribution in [3.63, 3.8) is 0 Å². The summed E-state index contributed by atoms with van der Waals surface area (Å²) in [5.41, 5.74) is -0.271. The van der Waals surface area contributed by atoms with Gasteiger partial charge in [-0.15, -0.1) is 0 Å². The van der Waals surface area contributed by atoms with Gasteiger partial charge in [0.05, 0.1) is 17.6 Å². The first kappa shape index (κ1) is 18.1. The summed E-state index contributed by atoms with van der Waals surface area (Å²) in [5, 5.41) is 8.80. The number of carbonyl (C=O) groups is 2. The van der Waals surface area contributed by atoms with E-state index in [1.165, 1.54) is 0 Å². The first-order valence-electron chi connectivity index (χ1n) is 6.33. The van der Waals surface area contributed by atoms with E-state index in [0.717, 1.165) is 25.3 Å². The van der Waals surface area contributed by atoms with Gasteiger partial charge in [0.1, 0.15) is 12.4 Å². The molecule has 0 amide bonds. The number of carboxylic acid groups (broad SMARTS) is 1. The van der Waals surface area contributed by atoms with Gasteiger partial charge in [0, 0.05) is 6.54 Å². The molecule has 1 aromatic carbocycles. The molecule has 0 bridgehead atoms. The lowest BCUT2D eigenvalue weighted by Crippen LogP contribution is -2.36. The third kappa shape index (κ3) is 4.25. The number of hydrogen-bond donors (Lipinski definition) is 1. The largest absolute Gasteiger partial charge is 0.480 e. The van der Waals surface area contributed by atoms with Crippen molar-refractivity contribution in [2.75, 3.05) is 20.2 Å². The van der Waals surface area contributed by atoms with Crippen LogP contribution in [0.15, 0.2) is 23.1 Å². The number of sulfonamides is 1. The average Bonchev–Trinajstić information content (AvgIpc) is 2.44. The first-order valence-corrected chi connectivity index (χ1v) is 7.77. The summed E-state index contributed by atoms with van der Waals surface area (Å²) in [6.45, 7) is 0.884. The molecule has 0 aliphatic rings. The van der Waals surface area contributed by atoms with Crippen LogP contribution in [0.3, 0.4) is 0 Å². The van der Waals surface area contributed by atoms with Gasteiger partial charge in [0.2, 0.25) is 10.0 Å². The summed E-state index contributed by atoms with van der Waals surface area (Å²) < 4.78 is 43.5. The third-order valence-electron chi connectivity index (χ3n) is 2.71. The van der Waals surface area contributed by atoms with Crippen LogP contribution in [0.1, 0.15) is 23.7 Å². The summed E-state index contributed by atoms with van der Waals surface area (Å²) in [6.07, 6.45) is 0.381. The number of rotatable bonds is 7. The zero-order valence-corrected chi connectivity index (χ0v) is 12.9. The van der Waals surface area contributed by atoms with Crippen molar-refractivity contribution in [2.24, 2.45) is 0 Å². The second-order valence-corrected chi connectivity index (χ2v) is 6.34. The summed E-state index contributed by atoms with van der Waals surface area (Å²) in [5.74, 6) is -3.16. The fraction of sp³-hybridized carbons (Fsp3) is 0.385. The van der Waals surface area contributed by atoms with Crippen molar-refractivity contribution in [2.45, 2.75) is 18.2 Å². The third-order valence-corrected chi connectivity index (χ3v) is 4.54. The minimum Gasteiger partial charge on any atom is -0.480 e. The molecular weight excluding hydrogens is 317 g/mol. The van der Waals surface area contributed by atoms with Gasteiger partial charge < -0.3 is 9.84 Å². The first-order chi connectivity index (χ1) is 10.2. The van der Waals surface area contributed by atoms with E-state index in [1.807, 2.05) is 0 Å². The lowest BCUT2D eigenvalue weighted by atomic mass is 10.2. The molecule has 0 aliphatic carbocycles. The van der Waals surface area contributed by atoms with Crippen LogP contribution in [-0.2, 0) is 19.6 Å². The van der Waals surface area contributed by atoms with Crippen LogP contribution in [0.2, 0.25) is 0 Å². The van der Waals surface area contributed by atoms with E-state index in [4.69, 9.17) is 5.11 Å². The molecule has 1 rings (SSSR count). The summed E-state index contributed by atoms with van der Waals surface area (Å²) in [4.78, 5) is 21.7. The van der Waals surface area contributed by atoms with Gasteiger partial charge in [-0.2, -0.15) is 4.31 Å². The van der Waals surface area contributed by atoms with E-state index in [-0.39, 0.29) is 12.1 Å². The molecular formula is C13H16FNO6S. The topological polar surface area (TPSA) is 101 Å². The van der Waals surface area contributed by atoms with E-state index >= 15 is 0 Å². The quantitative estimate of drug-likeness (QED) is 0.750. The maximum absolute atomic E-state index is 13.6. The summed E-state index contributed by atoms with van der Waals surface area (Å²) in [6, 6.07) is 2.52.